The van der Waals surface area contributed by atoms with Crippen LogP contribution in [0.15, 0.2) is 48.8 Å². The molecule has 0 amide bonds. The second-order valence-corrected chi connectivity index (χ2v) is 4.84. The average molecular weight is 495 g/mol. The molecule has 4 N–H and O–H groups in total. The van der Waals surface area contributed by atoms with E-state index in [1.807, 2.05) is 0 Å². The molecule has 0 spiro atoms. The number of pyridine rings is 2. The van der Waals surface area contributed by atoms with Crippen molar-refractivity contribution >= 4 is 10.1 Å². The van der Waals surface area contributed by atoms with Gasteiger partial charge in [0.05, 0.1) is 11.4 Å². The molecule has 0 saturated carbocycles. The third kappa shape index (κ3) is 6.41. The van der Waals surface area contributed by atoms with E-state index < -0.39 is 15.4 Å². The smallest absolute Gasteiger partial charge is 0.747 e. The van der Waals surface area contributed by atoms with Crippen molar-refractivity contribution in [3.8, 4) is 0 Å². The first-order valence-corrected chi connectivity index (χ1v) is 6.33. The molecule has 2 heterocycles. The van der Waals surface area contributed by atoms with E-state index in [1.165, 1.54) is 24.5 Å². The van der Waals surface area contributed by atoms with Gasteiger partial charge in [-0.05, 0) is 24.3 Å². The van der Waals surface area contributed by atoms with Crippen LogP contribution in [0.3, 0.4) is 0 Å². The molecule has 2 rings (SSSR count). The van der Waals surface area contributed by atoms with Gasteiger partial charge in [-0.3, -0.25) is 9.97 Å². The van der Waals surface area contributed by atoms with Gasteiger partial charge in [0.15, 0.2) is 0 Å². The first-order valence-electron chi connectivity index (χ1n) is 4.85. The Balaban J connectivity index is -0.000000810. The van der Waals surface area contributed by atoms with Crippen LogP contribution < -0.4 is 0 Å². The molecule has 0 bridgehead atoms. The Kier molecular flexibility index (Phi) is 12.4. The summed E-state index contributed by atoms with van der Waals surface area (Å²) in [6.45, 7) is 0. The van der Waals surface area contributed by atoms with Crippen LogP contribution in [0.5, 0.6) is 0 Å². The Hall–Kier alpha value is -1.18. The summed E-state index contributed by atoms with van der Waals surface area (Å²) in [7, 11) is -4.55. The predicted octanol–water partition coefficient (Wildman–Crippen LogP) is -0.0904. The van der Waals surface area contributed by atoms with Crippen LogP contribution in [0.25, 0.3) is 0 Å². The van der Waals surface area contributed by atoms with E-state index in [4.69, 9.17) is 0 Å². The van der Waals surface area contributed by atoms with Crippen LogP contribution in [0.4, 0.5) is 0 Å². The van der Waals surface area contributed by atoms with Crippen LogP contribution >= 0.6 is 0 Å². The molecule has 9 heteroatoms. The summed E-state index contributed by atoms with van der Waals surface area (Å²) in [4.78, 5) is 7.81. The monoisotopic (exact) mass is 495 g/mol. The van der Waals surface area contributed by atoms with Gasteiger partial charge in [-0.25, -0.2) is 8.42 Å². The SMILES string of the molecule is O.O.O=S(=O)([O-])C(c1ccccn1)c1ccccn1.[CH3-].[Pt+2]. The summed E-state index contributed by atoms with van der Waals surface area (Å²) >= 11 is 0. The molecule has 0 aliphatic carbocycles. The Bertz CT molecular complexity index is 556. The van der Waals surface area contributed by atoms with Crippen molar-refractivity contribution in [2.24, 2.45) is 0 Å². The second kappa shape index (κ2) is 10.5. The quantitative estimate of drug-likeness (QED) is 0.432. The molecule has 7 nitrogen and oxygen atoms in total. The number of aromatic nitrogens is 2. The number of hydrogen-bond donors (Lipinski definition) is 0. The van der Waals surface area contributed by atoms with Crippen LogP contribution in [0, 0.1) is 7.43 Å². The standard InChI is InChI=1S/C11H10N2O3S.CH3.2H2O.Pt/c14-17(15,16)11(9-5-1-3-7-12-9)10-6-2-4-8-13-10;;;;/h1-8,11H,(H,14,15,16);1H3;2*1H2;/q;-1;;;+2/p-1. The van der Waals surface area contributed by atoms with E-state index in [2.05, 4.69) is 9.97 Å². The van der Waals surface area contributed by atoms with Crippen molar-refractivity contribution in [3.63, 3.8) is 0 Å². The van der Waals surface area contributed by atoms with Gasteiger partial charge in [-0.1, -0.05) is 12.1 Å². The second-order valence-electron chi connectivity index (χ2n) is 3.38. The zero-order chi connectivity index (χ0) is 12.3. The van der Waals surface area contributed by atoms with E-state index in [1.54, 1.807) is 24.3 Å². The first-order chi connectivity index (χ1) is 8.09. The van der Waals surface area contributed by atoms with Crippen LogP contribution in [-0.2, 0) is 31.2 Å². The molecule has 0 unspecified atom stereocenters. The molecule has 0 radical (unpaired) electrons. The van der Waals surface area contributed by atoms with Gasteiger partial charge in [0.25, 0.3) is 0 Å². The molecule has 0 fully saturated rings. The molecule has 0 aliphatic heterocycles. The van der Waals surface area contributed by atoms with Crippen LogP contribution in [-0.4, -0.2) is 33.9 Å². The molecule has 120 valence electrons. The minimum atomic E-state index is -4.55. The summed E-state index contributed by atoms with van der Waals surface area (Å²) in [6, 6.07) is 9.54. The van der Waals surface area contributed by atoms with Crippen LogP contribution in [0.1, 0.15) is 16.6 Å². The number of hydrogen-bond acceptors (Lipinski definition) is 5. The van der Waals surface area contributed by atoms with Gasteiger partial charge in [-0.15, -0.1) is 0 Å². The fourth-order valence-electron chi connectivity index (χ4n) is 1.51. The van der Waals surface area contributed by atoms with Crippen molar-refractivity contribution in [2.75, 3.05) is 0 Å². The van der Waals surface area contributed by atoms with Crippen molar-refractivity contribution in [1.29, 1.82) is 0 Å². The molecule has 0 aromatic carbocycles. The molecular formula is C12H16N2O5PtS. The maximum absolute atomic E-state index is 11.3. The molecule has 2 aromatic heterocycles. The van der Waals surface area contributed by atoms with E-state index >= 15 is 0 Å². The van der Waals surface area contributed by atoms with Gasteiger partial charge >= 0.3 is 21.1 Å². The molecule has 21 heavy (non-hydrogen) atoms. The topological polar surface area (TPSA) is 146 Å². The zero-order valence-corrected chi connectivity index (χ0v) is 14.1. The van der Waals surface area contributed by atoms with E-state index in [0.29, 0.717) is 0 Å². The molecule has 2 aromatic rings. The minimum Gasteiger partial charge on any atom is -0.747 e. The van der Waals surface area contributed by atoms with Crippen LogP contribution in [0.2, 0.25) is 0 Å². The van der Waals surface area contributed by atoms with Gasteiger partial charge in [-0.2, -0.15) is 0 Å². The Morgan fingerprint density at radius 1 is 0.905 bits per heavy atom. The average Bonchev–Trinajstić information content (AvgIpc) is 2.30. The Morgan fingerprint density at radius 3 is 1.52 bits per heavy atom. The number of rotatable bonds is 3. The Labute approximate surface area is 138 Å². The summed E-state index contributed by atoms with van der Waals surface area (Å²) in [5.74, 6) is 0. The fourth-order valence-corrected chi connectivity index (χ4v) is 2.38. The number of nitrogens with zero attached hydrogens (tertiary/aromatic N) is 2. The maximum atomic E-state index is 11.3. The summed E-state index contributed by atoms with van der Waals surface area (Å²) in [5, 5.41) is -1.36. The molecule has 0 saturated heterocycles. The van der Waals surface area contributed by atoms with E-state index in [9.17, 15) is 13.0 Å². The van der Waals surface area contributed by atoms with Gasteiger partial charge in [0.1, 0.15) is 15.4 Å². The van der Waals surface area contributed by atoms with E-state index in [-0.39, 0.29) is 50.8 Å². The summed E-state index contributed by atoms with van der Waals surface area (Å²) in [5.41, 5.74) is 0.363. The van der Waals surface area contributed by atoms with E-state index in [0.717, 1.165) is 0 Å². The minimum absolute atomic E-state index is 0. The normalized spacial score (nSPS) is 9.43. The molecular weight excluding hydrogens is 479 g/mol. The predicted molar refractivity (Wildman–Crippen MR) is 73.7 cm³/mol. The molecule has 0 atom stereocenters. The molecule has 0 aliphatic rings. The van der Waals surface area contributed by atoms with Crippen molar-refractivity contribution in [2.45, 2.75) is 5.25 Å². The van der Waals surface area contributed by atoms with Gasteiger partial charge in [0.2, 0.25) is 0 Å². The maximum Gasteiger partial charge on any atom is 2.00 e. The van der Waals surface area contributed by atoms with Crippen molar-refractivity contribution in [3.05, 3.63) is 67.6 Å². The van der Waals surface area contributed by atoms with Gasteiger partial charge in [0, 0.05) is 12.4 Å². The van der Waals surface area contributed by atoms with Crippen molar-refractivity contribution < 1.29 is 45.0 Å². The third-order valence-corrected chi connectivity index (χ3v) is 3.26. The summed E-state index contributed by atoms with van der Waals surface area (Å²) < 4.78 is 33.9. The van der Waals surface area contributed by atoms with Gasteiger partial charge < -0.3 is 22.9 Å². The largest absolute Gasteiger partial charge is 2.00 e. The first kappa shape index (κ1) is 24.8. The Morgan fingerprint density at radius 2 is 1.29 bits per heavy atom. The third-order valence-electron chi connectivity index (χ3n) is 2.20. The zero-order valence-electron chi connectivity index (χ0n) is 11.0. The fraction of sp³-hybridized carbons (Fsp3) is 0.0833. The summed E-state index contributed by atoms with van der Waals surface area (Å²) in [6.07, 6.45) is 2.88. The van der Waals surface area contributed by atoms with Crippen molar-refractivity contribution in [1.82, 2.24) is 9.97 Å².